The van der Waals surface area contributed by atoms with Crippen molar-refractivity contribution < 1.29 is 17.9 Å². The van der Waals surface area contributed by atoms with Crippen molar-refractivity contribution in [1.29, 1.82) is 0 Å². The Kier molecular flexibility index (Phi) is 4.23. The second kappa shape index (κ2) is 5.81. The van der Waals surface area contributed by atoms with Crippen LogP contribution in [0, 0.1) is 0 Å². The van der Waals surface area contributed by atoms with Crippen LogP contribution in [0.3, 0.4) is 0 Å². The molecule has 1 heterocycles. The molecule has 116 valence electrons. The third-order valence-electron chi connectivity index (χ3n) is 3.23. The molecule has 0 aliphatic carbocycles. The third kappa shape index (κ3) is 2.96. The molecule has 22 heavy (non-hydrogen) atoms. The molecule has 0 amide bonds. The highest BCUT2D eigenvalue weighted by Crippen LogP contribution is 2.28. The lowest BCUT2D eigenvalue weighted by molar-refractivity contribution is 0.101. The quantitative estimate of drug-likeness (QED) is 0.819. The van der Waals surface area contributed by atoms with E-state index in [1.165, 1.54) is 19.1 Å². The molecule has 0 saturated heterocycles. The van der Waals surface area contributed by atoms with Gasteiger partial charge in [-0.15, -0.1) is 0 Å². The number of nitrogens with one attached hydrogen (secondary N) is 1. The van der Waals surface area contributed by atoms with Crippen LogP contribution in [-0.2, 0) is 16.6 Å². The van der Waals surface area contributed by atoms with Crippen LogP contribution in [0.25, 0.3) is 0 Å². The number of fused-ring (bicyclic) bond motifs is 4. The number of hydrogen-bond donors (Lipinski definition) is 1. The van der Waals surface area contributed by atoms with Gasteiger partial charge in [-0.05, 0) is 36.8 Å². The number of Topliss-reactive ketones (excluding diaryl/α,β-unsaturated/α-hetero) is 1. The van der Waals surface area contributed by atoms with Crippen LogP contribution in [0.2, 0.25) is 0 Å². The highest BCUT2D eigenvalue weighted by Gasteiger charge is 2.19. The molecule has 0 atom stereocenters. The fraction of sp³-hybridized carbons (Fsp3) is 0.188. The number of ether oxygens (including phenoxy) is 1. The molecule has 5 nitrogen and oxygen atoms in total. The van der Waals surface area contributed by atoms with E-state index in [0.717, 1.165) is 5.56 Å². The molecule has 1 aliphatic heterocycles. The van der Waals surface area contributed by atoms with Gasteiger partial charge in [-0.2, -0.15) is 0 Å². The number of anilines is 1. The first kappa shape index (κ1) is 16.0. The van der Waals surface area contributed by atoms with Gasteiger partial charge in [0.1, 0.15) is 12.4 Å². The van der Waals surface area contributed by atoms with Gasteiger partial charge in [0.15, 0.2) is 5.78 Å². The zero-order valence-corrected chi connectivity index (χ0v) is 12.1. The van der Waals surface area contributed by atoms with E-state index in [-0.39, 0.29) is 30.4 Å². The maximum Gasteiger partial charge on any atom is 0.261 e. The first-order valence-corrected chi connectivity index (χ1v) is 7.83. The summed E-state index contributed by atoms with van der Waals surface area (Å²) in [4.78, 5) is 11.8. The summed E-state index contributed by atoms with van der Waals surface area (Å²) in [7, 11) is -3.73. The van der Waals surface area contributed by atoms with Gasteiger partial charge in [0, 0.05) is 11.6 Å². The first-order chi connectivity index (χ1) is 9.95. The minimum atomic E-state index is -3.73. The van der Waals surface area contributed by atoms with Crippen LogP contribution in [0.5, 0.6) is 5.75 Å². The molecule has 3 rings (SSSR count). The summed E-state index contributed by atoms with van der Waals surface area (Å²) in [6, 6.07) is 11.3. The molecule has 0 radical (unpaired) electrons. The molecule has 1 N–H and O–H groups in total. The van der Waals surface area contributed by atoms with E-state index < -0.39 is 10.0 Å². The van der Waals surface area contributed by atoms with Gasteiger partial charge in [0.2, 0.25) is 0 Å². The Morgan fingerprint density at radius 2 is 1.95 bits per heavy atom. The van der Waals surface area contributed by atoms with Crippen molar-refractivity contribution in [2.75, 3.05) is 4.72 Å². The molecule has 2 aromatic carbocycles. The van der Waals surface area contributed by atoms with Gasteiger partial charge in [0.05, 0.1) is 10.6 Å². The molecular formula is C16H17NO4S. The van der Waals surface area contributed by atoms with Crippen molar-refractivity contribution in [3.8, 4) is 5.75 Å². The SMILES string of the molecule is C.CC(=O)c1ccc2cc1NS(=O)(=O)c1cccc(c1)CO2. The molecule has 2 aromatic rings. The van der Waals surface area contributed by atoms with E-state index >= 15 is 0 Å². The summed E-state index contributed by atoms with van der Waals surface area (Å²) in [6.45, 7) is 1.66. The fourth-order valence-corrected chi connectivity index (χ4v) is 3.32. The molecule has 6 heteroatoms. The van der Waals surface area contributed by atoms with Gasteiger partial charge < -0.3 is 4.74 Å². The summed E-state index contributed by atoms with van der Waals surface area (Å²) >= 11 is 0. The van der Waals surface area contributed by atoms with E-state index in [0.29, 0.717) is 11.3 Å². The van der Waals surface area contributed by atoms with Crippen LogP contribution in [0.15, 0.2) is 47.4 Å². The van der Waals surface area contributed by atoms with Gasteiger partial charge in [-0.25, -0.2) is 8.42 Å². The van der Waals surface area contributed by atoms with E-state index in [1.807, 2.05) is 0 Å². The van der Waals surface area contributed by atoms with Gasteiger partial charge in [0.25, 0.3) is 10.0 Å². The summed E-state index contributed by atoms with van der Waals surface area (Å²) < 4.78 is 32.9. The van der Waals surface area contributed by atoms with Crippen LogP contribution in [-0.4, -0.2) is 14.2 Å². The summed E-state index contributed by atoms with van der Waals surface area (Å²) in [5, 5.41) is 0. The molecule has 1 aliphatic rings. The Hall–Kier alpha value is -2.34. The Morgan fingerprint density at radius 3 is 2.68 bits per heavy atom. The van der Waals surface area contributed by atoms with Gasteiger partial charge in [-0.1, -0.05) is 19.6 Å². The van der Waals surface area contributed by atoms with Crippen molar-refractivity contribution in [2.45, 2.75) is 25.9 Å². The normalized spacial score (nSPS) is 14.8. The molecule has 0 fully saturated rings. The number of carbonyl (C=O) groups is 1. The third-order valence-corrected chi connectivity index (χ3v) is 4.59. The lowest BCUT2D eigenvalue weighted by Gasteiger charge is -2.16. The minimum Gasteiger partial charge on any atom is -0.489 e. The predicted molar refractivity (Wildman–Crippen MR) is 84.8 cm³/mol. The monoisotopic (exact) mass is 319 g/mol. The summed E-state index contributed by atoms with van der Waals surface area (Å²) in [5.74, 6) is 0.287. The molecule has 0 spiro atoms. The zero-order valence-electron chi connectivity index (χ0n) is 11.3. The van der Waals surface area contributed by atoms with E-state index in [4.69, 9.17) is 4.74 Å². The van der Waals surface area contributed by atoms with Crippen LogP contribution < -0.4 is 9.46 Å². The fourth-order valence-electron chi connectivity index (χ4n) is 2.18. The molecule has 0 unspecified atom stereocenters. The number of sulfonamides is 1. The van der Waals surface area contributed by atoms with E-state index in [2.05, 4.69) is 4.72 Å². The molecule has 4 bridgehead atoms. The number of carbonyl (C=O) groups excluding carboxylic acids is 1. The first-order valence-electron chi connectivity index (χ1n) is 6.35. The number of ketones is 1. The smallest absolute Gasteiger partial charge is 0.261 e. The standard InChI is InChI=1S/C15H13NO4S.CH4/c1-10(17)14-6-5-12-8-15(14)16-21(18,19)13-4-2-3-11(7-13)9-20-12;/h2-8,16H,9H2,1H3;1H4. The van der Waals surface area contributed by atoms with Crippen molar-refractivity contribution in [3.63, 3.8) is 0 Å². The van der Waals surface area contributed by atoms with Gasteiger partial charge >= 0.3 is 0 Å². The minimum absolute atomic E-state index is 0. The van der Waals surface area contributed by atoms with Crippen molar-refractivity contribution in [2.24, 2.45) is 0 Å². The molecule has 0 aromatic heterocycles. The summed E-state index contributed by atoms with van der Waals surface area (Å²) in [6.07, 6.45) is 0. The maximum atomic E-state index is 12.4. The Labute approximate surface area is 130 Å². The topological polar surface area (TPSA) is 72.5 Å². The molecular weight excluding hydrogens is 302 g/mol. The van der Waals surface area contributed by atoms with Crippen LogP contribution >= 0.6 is 0 Å². The van der Waals surface area contributed by atoms with E-state index in [1.54, 1.807) is 30.3 Å². The average Bonchev–Trinajstić information content (AvgIpc) is 2.44. The lowest BCUT2D eigenvalue weighted by Crippen LogP contribution is -2.16. The highest BCUT2D eigenvalue weighted by atomic mass is 32.2. The summed E-state index contributed by atoms with van der Waals surface area (Å²) in [5.41, 5.74) is 1.30. The lowest BCUT2D eigenvalue weighted by atomic mass is 10.1. The largest absolute Gasteiger partial charge is 0.489 e. The second-order valence-electron chi connectivity index (χ2n) is 4.81. The van der Waals surface area contributed by atoms with Crippen LogP contribution in [0.1, 0.15) is 30.3 Å². The Bertz CT molecular complexity index is 828. The highest BCUT2D eigenvalue weighted by molar-refractivity contribution is 7.92. The number of hydrogen-bond acceptors (Lipinski definition) is 4. The Balaban J connectivity index is 0.00000176. The average molecular weight is 319 g/mol. The Morgan fingerprint density at radius 1 is 1.18 bits per heavy atom. The predicted octanol–water partition coefficient (Wildman–Crippen LogP) is 3.22. The van der Waals surface area contributed by atoms with Crippen molar-refractivity contribution >= 4 is 21.5 Å². The molecule has 0 saturated carbocycles. The van der Waals surface area contributed by atoms with Crippen LogP contribution in [0.4, 0.5) is 5.69 Å². The number of rotatable bonds is 1. The maximum absolute atomic E-state index is 12.4. The zero-order chi connectivity index (χ0) is 15.0. The number of benzene rings is 2. The van der Waals surface area contributed by atoms with Crippen molar-refractivity contribution in [1.82, 2.24) is 0 Å². The van der Waals surface area contributed by atoms with Gasteiger partial charge in [-0.3, -0.25) is 9.52 Å². The second-order valence-corrected chi connectivity index (χ2v) is 6.49. The van der Waals surface area contributed by atoms with E-state index in [9.17, 15) is 13.2 Å². The van der Waals surface area contributed by atoms with Crippen molar-refractivity contribution in [3.05, 3.63) is 53.6 Å².